The molecule has 1 heterocycles. The van der Waals surface area contributed by atoms with E-state index in [-0.39, 0.29) is 6.09 Å². The Morgan fingerprint density at radius 2 is 1.69 bits per heavy atom. The van der Waals surface area contributed by atoms with Gasteiger partial charge in [-0.1, -0.05) is 24.3 Å². The Morgan fingerprint density at radius 3 is 2.12 bits per heavy atom. The maximum atomic E-state index is 11.8. The molecule has 0 atom stereocenters. The van der Waals surface area contributed by atoms with Gasteiger partial charge in [0.2, 0.25) is 0 Å². The Kier molecular flexibility index (Phi) is 2.62. The summed E-state index contributed by atoms with van der Waals surface area (Å²) in [6, 6.07) is 8.11. The van der Waals surface area contributed by atoms with Crippen LogP contribution in [0.5, 0.6) is 0 Å². The average molecular weight is 219 g/mol. The normalized spacial score (nSPS) is 14.8. The van der Waals surface area contributed by atoms with E-state index in [0.717, 1.165) is 0 Å². The van der Waals surface area contributed by atoms with Crippen molar-refractivity contribution in [3.63, 3.8) is 0 Å². The van der Waals surface area contributed by atoms with Gasteiger partial charge in [0.25, 0.3) is 0 Å². The van der Waals surface area contributed by atoms with Crippen LogP contribution in [-0.4, -0.2) is 16.6 Å². The minimum absolute atomic E-state index is 0.233. The Labute approximate surface area is 96.0 Å². The van der Waals surface area contributed by atoms with E-state index in [1.807, 2.05) is 32.9 Å². The molecule has 0 radical (unpaired) electrons. The van der Waals surface area contributed by atoms with E-state index < -0.39 is 5.60 Å². The summed E-state index contributed by atoms with van der Waals surface area (Å²) in [6.07, 6.45) is -0.233. The van der Waals surface area contributed by atoms with Crippen LogP contribution in [0.15, 0.2) is 24.3 Å². The highest BCUT2D eigenvalue weighted by Crippen LogP contribution is 2.23. The van der Waals surface area contributed by atoms with Crippen molar-refractivity contribution in [1.82, 2.24) is 4.90 Å². The van der Waals surface area contributed by atoms with Crippen LogP contribution in [0.1, 0.15) is 31.9 Å². The lowest BCUT2D eigenvalue weighted by atomic mass is 10.1. The molecule has 86 valence electrons. The lowest BCUT2D eigenvalue weighted by Gasteiger charge is -2.24. The second-order valence-electron chi connectivity index (χ2n) is 5.11. The second-order valence-corrected chi connectivity index (χ2v) is 5.11. The molecule has 0 fully saturated rings. The summed E-state index contributed by atoms with van der Waals surface area (Å²) in [7, 11) is 0. The molecule has 3 nitrogen and oxygen atoms in total. The minimum Gasteiger partial charge on any atom is -0.444 e. The third-order valence-corrected chi connectivity index (χ3v) is 2.49. The Morgan fingerprint density at radius 1 is 1.19 bits per heavy atom. The van der Waals surface area contributed by atoms with Crippen molar-refractivity contribution in [2.24, 2.45) is 0 Å². The molecule has 0 spiro atoms. The Hall–Kier alpha value is -1.51. The van der Waals surface area contributed by atoms with Crippen LogP contribution in [0.3, 0.4) is 0 Å². The number of rotatable bonds is 0. The maximum Gasteiger partial charge on any atom is 0.410 e. The summed E-state index contributed by atoms with van der Waals surface area (Å²) < 4.78 is 5.34. The number of nitrogens with zero attached hydrogens (tertiary/aromatic N) is 1. The quantitative estimate of drug-likeness (QED) is 0.671. The van der Waals surface area contributed by atoms with Crippen LogP contribution in [0, 0.1) is 0 Å². The molecule has 0 aliphatic carbocycles. The highest BCUT2D eigenvalue weighted by atomic mass is 16.6. The monoisotopic (exact) mass is 219 g/mol. The van der Waals surface area contributed by atoms with Crippen LogP contribution in [0.25, 0.3) is 0 Å². The van der Waals surface area contributed by atoms with Crippen molar-refractivity contribution in [3.05, 3.63) is 35.4 Å². The molecule has 2 rings (SSSR count). The second kappa shape index (κ2) is 3.81. The van der Waals surface area contributed by atoms with Gasteiger partial charge in [0.1, 0.15) is 5.60 Å². The predicted molar refractivity (Wildman–Crippen MR) is 61.9 cm³/mol. The smallest absolute Gasteiger partial charge is 0.410 e. The van der Waals surface area contributed by atoms with Crippen molar-refractivity contribution in [3.8, 4) is 0 Å². The molecule has 1 aliphatic heterocycles. The summed E-state index contributed by atoms with van der Waals surface area (Å²) >= 11 is 0. The van der Waals surface area contributed by atoms with Gasteiger partial charge in [-0.2, -0.15) is 0 Å². The first-order valence-corrected chi connectivity index (χ1v) is 5.50. The fourth-order valence-corrected chi connectivity index (χ4v) is 1.79. The molecule has 16 heavy (non-hydrogen) atoms. The molecule has 1 aromatic rings. The van der Waals surface area contributed by atoms with E-state index >= 15 is 0 Å². The van der Waals surface area contributed by atoms with Crippen LogP contribution in [-0.2, 0) is 17.8 Å². The van der Waals surface area contributed by atoms with Gasteiger partial charge in [-0.05, 0) is 31.9 Å². The third kappa shape index (κ3) is 2.35. The van der Waals surface area contributed by atoms with E-state index in [1.165, 1.54) is 11.1 Å². The molecule has 1 aliphatic rings. The fourth-order valence-electron chi connectivity index (χ4n) is 1.79. The van der Waals surface area contributed by atoms with Crippen molar-refractivity contribution in [1.29, 1.82) is 0 Å². The number of hydrogen-bond acceptors (Lipinski definition) is 2. The van der Waals surface area contributed by atoms with Crippen LogP contribution in [0.2, 0.25) is 0 Å². The van der Waals surface area contributed by atoms with E-state index in [9.17, 15) is 4.79 Å². The third-order valence-electron chi connectivity index (χ3n) is 2.49. The Bertz CT molecular complexity index is 382. The van der Waals surface area contributed by atoms with Gasteiger partial charge in [0, 0.05) is 13.1 Å². The van der Waals surface area contributed by atoms with Crippen LogP contribution >= 0.6 is 0 Å². The van der Waals surface area contributed by atoms with E-state index in [1.54, 1.807) is 4.90 Å². The van der Waals surface area contributed by atoms with Crippen molar-refractivity contribution in [2.75, 3.05) is 0 Å². The molecule has 3 heteroatoms. The molecular formula is C13H17NO2. The van der Waals surface area contributed by atoms with E-state index in [4.69, 9.17) is 4.74 Å². The van der Waals surface area contributed by atoms with Gasteiger partial charge in [-0.25, -0.2) is 4.79 Å². The van der Waals surface area contributed by atoms with Gasteiger partial charge in [-0.15, -0.1) is 0 Å². The predicted octanol–water partition coefficient (Wildman–Crippen LogP) is 2.94. The van der Waals surface area contributed by atoms with Crippen LogP contribution < -0.4 is 0 Å². The molecule has 1 aromatic carbocycles. The van der Waals surface area contributed by atoms with Gasteiger partial charge < -0.3 is 4.74 Å². The first-order valence-electron chi connectivity index (χ1n) is 5.50. The van der Waals surface area contributed by atoms with Gasteiger partial charge in [0.05, 0.1) is 0 Å². The maximum absolute atomic E-state index is 11.8. The SMILES string of the molecule is CC(C)(C)OC(=O)N1Cc2ccccc2C1. The molecule has 0 bridgehead atoms. The zero-order valence-corrected chi connectivity index (χ0v) is 9.99. The van der Waals surface area contributed by atoms with Gasteiger partial charge in [-0.3, -0.25) is 4.90 Å². The average Bonchev–Trinajstić information content (AvgIpc) is 2.58. The summed E-state index contributed by atoms with van der Waals surface area (Å²) in [4.78, 5) is 13.6. The summed E-state index contributed by atoms with van der Waals surface area (Å²) in [5.41, 5.74) is 2.01. The molecule has 0 saturated carbocycles. The first-order chi connectivity index (χ1) is 7.46. The van der Waals surface area contributed by atoms with Gasteiger partial charge >= 0.3 is 6.09 Å². The van der Waals surface area contributed by atoms with Crippen LogP contribution in [0.4, 0.5) is 4.79 Å². The molecular weight excluding hydrogens is 202 g/mol. The number of carbonyl (C=O) groups is 1. The highest BCUT2D eigenvalue weighted by molar-refractivity contribution is 5.69. The summed E-state index contributed by atoms with van der Waals surface area (Å²) in [5, 5.41) is 0. The molecule has 1 amide bonds. The van der Waals surface area contributed by atoms with E-state index in [0.29, 0.717) is 13.1 Å². The first kappa shape index (κ1) is 11.0. The number of hydrogen-bond donors (Lipinski definition) is 0. The Balaban J connectivity index is 2.04. The number of ether oxygens (including phenoxy) is 1. The minimum atomic E-state index is -0.425. The number of amides is 1. The van der Waals surface area contributed by atoms with Crippen molar-refractivity contribution in [2.45, 2.75) is 39.5 Å². The van der Waals surface area contributed by atoms with Crippen molar-refractivity contribution < 1.29 is 9.53 Å². The topological polar surface area (TPSA) is 29.5 Å². The zero-order chi connectivity index (χ0) is 11.8. The number of fused-ring (bicyclic) bond motifs is 1. The highest BCUT2D eigenvalue weighted by Gasteiger charge is 2.27. The molecule has 0 aromatic heterocycles. The molecule has 0 unspecified atom stereocenters. The number of carbonyl (C=O) groups excluding carboxylic acids is 1. The standard InChI is InChI=1S/C13H17NO2/c1-13(2,3)16-12(15)14-8-10-6-4-5-7-11(10)9-14/h4-7H,8-9H2,1-3H3. The lowest BCUT2D eigenvalue weighted by molar-refractivity contribution is 0.0242. The fraction of sp³-hybridized carbons (Fsp3) is 0.462. The van der Waals surface area contributed by atoms with Crippen molar-refractivity contribution >= 4 is 6.09 Å². The molecule has 0 saturated heterocycles. The number of benzene rings is 1. The van der Waals surface area contributed by atoms with E-state index in [2.05, 4.69) is 12.1 Å². The summed E-state index contributed by atoms with van der Waals surface area (Å²) in [6.45, 7) is 6.96. The summed E-state index contributed by atoms with van der Waals surface area (Å²) in [5.74, 6) is 0. The largest absolute Gasteiger partial charge is 0.444 e. The molecule has 0 N–H and O–H groups in total. The van der Waals surface area contributed by atoms with Gasteiger partial charge in [0.15, 0.2) is 0 Å². The zero-order valence-electron chi connectivity index (χ0n) is 9.99. The lowest BCUT2D eigenvalue weighted by Crippen LogP contribution is -2.33.